The first kappa shape index (κ1) is 14.5. The van der Waals surface area contributed by atoms with Crippen molar-refractivity contribution in [2.24, 2.45) is 0 Å². The zero-order chi connectivity index (χ0) is 14.9. The molecule has 104 valence electrons. The minimum Gasteiger partial charge on any atom is -0.293 e. The third-order valence-corrected chi connectivity index (χ3v) is 4.31. The van der Waals surface area contributed by atoms with Gasteiger partial charge in [-0.15, -0.1) is 0 Å². The molecule has 0 amide bonds. The Bertz CT molecular complexity index is 612. The Hall–Kier alpha value is -1.89. The lowest BCUT2D eigenvalue weighted by Crippen LogP contribution is -2.14. The average molecular weight is 266 g/mol. The average Bonchev–Trinajstić information content (AvgIpc) is 2.45. The van der Waals surface area contributed by atoms with Gasteiger partial charge in [-0.25, -0.2) is 0 Å². The van der Waals surface area contributed by atoms with Crippen LogP contribution in [0.15, 0.2) is 36.4 Å². The summed E-state index contributed by atoms with van der Waals surface area (Å²) in [7, 11) is 0. The summed E-state index contributed by atoms with van der Waals surface area (Å²) in [4.78, 5) is 12.9. The molecule has 2 aromatic rings. The quantitative estimate of drug-likeness (QED) is 0.722. The van der Waals surface area contributed by atoms with E-state index >= 15 is 0 Å². The van der Waals surface area contributed by atoms with Crippen molar-refractivity contribution in [3.05, 3.63) is 69.8 Å². The Morgan fingerprint density at radius 3 is 1.90 bits per heavy atom. The Balaban J connectivity index is 2.49. The largest absolute Gasteiger partial charge is 0.293 e. The maximum absolute atomic E-state index is 12.9. The molecule has 1 nitrogen and oxygen atoms in total. The van der Waals surface area contributed by atoms with Crippen molar-refractivity contribution in [3.8, 4) is 0 Å². The summed E-state index contributed by atoms with van der Waals surface area (Å²) in [6.07, 6.45) is 0. The van der Waals surface area contributed by atoms with Crippen molar-refractivity contribution >= 4 is 5.78 Å². The van der Waals surface area contributed by atoms with E-state index in [1.165, 1.54) is 11.1 Å². The van der Waals surface area contributed by atoms with Crippen LogP contribution in [-0.4, -0.2) is 5.78 Å². The zero-order valence-corrected chi connectivity index (χ0v) is 12.9. The van der Waals surface area contributed by atoms with Gasteiger partial charge in [-0.05, 0) is 55.5 Å². The second-order valence-electron chi connectivity index (χ2n) is 5.63. The predicted molar refractivity (Wildman–Crippen MR) is 84.6 cm³/mol. The molecule has 0 radical (unpaired) electrons. The molecule has 0 saturated heterocycles. The number of carbonyl (C=O) groups is 1. The van der Waals surface area contributed by atoms with Crippen LogP contribution in [0.1, 0.15) is 51.0 Å². The lowest BCUT2D eigenvalue weighted by Gasteiger charge is -2.18. The van der Waals surface area contributed by atoms with Crippen molar-refractivity contribution in [1.29, 1.82) is 0 Å². The van der Waals surface area contributed by atoms with E-state index in [0.717, 1.165) is 22.3 Å². The van der Waals surface area contributed by atoms with Gasteiger partial charge in [-0.1, -0.05) is 43.3 Å². The van der Waals surface area contributed by atoms with Gasteiger partial charge >= 0.3 is 0 Å². The van der Waals surface area contributed by atoms with Gasteiger partial charge < -0.3 is 0 Å². The molecule has 0 aliphatic rings. The van der Waals surface area contributed by atoms with Gasteiger partial charge in [0.25, 0.3) is 0 Å². The molecule has 2 rings (SSSR count). The summed E-state index contributed by atoms with van der Waals surface area (Å²) >= 11 is 0. The number of aryl methyl sites for hydroxylation is 2. The number of Topliss-reactive ketones (excluding diaryl/α,β-unsaturated/α-hetero) is 1. The first-order valence-electron chi connectivity index (χ1n) is 7.10. The third-order valence-electron chi connectivity index (χ3n) is 4.31. The highest BCUT2D eigenvalue weighted by atomic mass is 16.1. The fourth-order valence-corrected chi connectivity index (χ4v) is 2.70. The Labute approximate surface area is 121 Å². The van der Waals surface area contributed by atoms with Crippen molar-refractivity contribution in [2.75, 3.05) is 0 Å². The summed E-state index contributed by atoms with van der Waals surface area (Å²) in [6.45, 7) is 10.2. The second-order valence-corrected chi connectivity index (χ2v) is 5.63. The molecule has 20 heavy (non-hydrogen) atoms. The fourth-order valence-electron chi connectivity index (χ4n) is 2.70. The van der Waals surface area contributed by atoms with E-state index in [9.17, 15) is 4.79 Å². The molecule has 1 heteroatoms. The number of hydrogen-bond acceptors (Lipinski definition) is 1. The van der Waals surface area contributed by atoms with Crippen LogP contribution in [0.2, 0.25) is 0 Å². The lowest BCUT2D eigenvalue weighted by molar-refractivity contribution is 0.0964. The molecule has 0 aliphatic carbocycles. The summed E-state index contributed by atoms with van der Waals surface area (Å²) in [6, 6.07) is 12.2. The summed E-state index contributed by atoms with van der Waals surface area (Å²) in [5.74, 6) is 0.118. The minimum atomic E-state index is -0.102. The second kappa shape index (κ2) is 5.62. The van der Waals surface area contributed by atoms with E-state index in [-0.39, 0.29) is 11.7 Å². The van der Waals surface area contributed by atoms with Crippen molar-refractivity contribution in [3.63, 3.8) is 0 Å². The molecule has 1 unspecified atom stereocenters. The van der Waals surface area contributed by atoms with E-state index in [1.54, 1.807) is 0 Å². The van der Waals surface area contributed by atoms with Gasteiger partial charge in [0, 0.05) is 11.5 Å². The van der Waals surface area contributed by atoms with E-state index < -0.39 is 0 Å². The molecule has 0 bridgehead atoms. The van der Waals surface area contributed by atoms with Crippen LogP contribution in [0.3, 0.4) is 0 Å². The molecule has 0 spiro atoms. The maximum atomic E-state index is 12.9. The maximum Gasteiger partial charge on any atom is 0.170 e. The molecular formula is C19H22O. The van der Waals surface area contributed by atoms with E-state index in [0.29, 0.717) is 0 Å². The summed E-state index contributed by atoms with van der Waals surface area (Å²) < 4.78 is 0. The van der Waals surface area contributed by atoms with Gasteiger partial charge in [-0.3, -0.25) is 4.79 Å². The summed E-state index contributed by atoms with van der Waals surface area (Å²) in [5.41, 5.74) is 6.59. The van der Waals surface area contributed by atoms with Crippen LogP contribution < -0.4 is 0 Å². The molecule has 2 aromatic carbocycles. The van der Waals surface area contributed by atoms with Crippen LogP contribution >= 0.6 is 0 Å². The topological polar surface area (TPSA) is 17.1 Å². The van der Waals surface area contributed by atoms with Crippen LogP contribution in [0.5, 0.6) is 0 Å². The number of hydrogen-bond donors (Lipinski definition) is 0. The molecule has 0 aromatic heterocycles. The highest BCUT2D eigenvalue weighted by molar-refractivity contribution is 6.03. The molecule has 0 heterocycles. The van der Waals surface area contributed by atoms with E-state index in [1.807, 2.05) is 51.1 Å². The highest BCUT2D eigenvalue weighted by Crippen LogP contribution is 2.28. The van der Waals surface area contributed by atoms with Crippen LogP contribution in [0.4, 0.5) is 0 Å². The van der Waals surface area contributed by atoms with Crippen LogP contribution in [-0.2, 0) is 0 Å². The fraction of sp³-hybridized carbons (Fsp3) is 0.316. The number of benzene rings is 2. The summed E-state index contributed by atoms with van der Waals surface area (Å²) in [5, 5.41) is 0. The van der Waals surface area contributed by atoms with Gasteiger partial charge in [-0.2, -0.15) is 0 Å². The van der Waals surface area contributed by atoms with Crippen molar-refractivity contribution < 1.29 is 4.79 Å². The molecule has 0 N–H and O–H groups in total. The SMILES string of the molecule is Cc1cc(C)c(C)c(C(=O)C(C)c2ccccc2)c1C. The minimum absolute atomic E-state index is 0.102. The lowest BCUT2D eigenvalue weighted by atomic mass is 9.85. The van der Waals surface area contributed by atoms with Gasteiger partial charge in [0.1, 0.15) is 0 Å². The van der Waals surface area contributed by atoms with Gasteiger partial charge in [0.2, 0.25) is 0 Å². The van der Waals surface area contributed by atoms with Gasteiger partial charge in [0.15, 0.2) is 5.78 Å². The number of ketones is 1. The molecular weight excluding hydrogens is 244 g/mol. The number of carbonyl (C=O) groups excluding carboxylic acids is 1. The van der Waals surface area contributed by atoms with Crippen molar-refractivity contribution in [1.82, 2.24) is 0 Å². The normalized spacial score (nSPS) is 12.2. The van der Waals surface area contributed by atoms with Crippen molar-refractivity contribution in [2.45, 2.75) is 40.5 Å². The molecule has 0 aliphatic heterocycles. The Morgan fingerprint density at radius 1 is 0.900 bits per heavy atom. The first-order chi connectivity index (χ1) is 9.43. The first-order valence-corrected chi connectivity index (χ1v) is 7.10. The smallest absolute Gasteiger partial charge is 0.170 e. The van der Waals surface area contributed by atoms with Crippen LogP contribution in [0.25, 0.3) is 0 Å². The van der Waals surface area contributed by atoms with E-state index in [2.05, 4.69) is 19.9 Å². The molecule has 0 saturated carbocycles. The standard InChI is InChI=1S/C19H22O/c1-12-11-13(2)15(4)18(14(12)3)19(20)16(5)17-9-7-6-8-10-17/h6-11,16H,1-5H3. The highest BCUT2D eigenvalue weighted by Gasteiger charge is 2.22. The third kappa shape index (κ3) is 2.53. The molecule has 0 fully saturated rings. The van der Waals surface area contributed by atoms with Gasteiger partial charge in [0.05, 0.1) is 0 Å². The molecule has 1 atom stereocenters. The zero-order valence-electron chi connectivity index (χ0n) is 12.9. The Kier molecular flexibility index (Phi) is 4.08. The monoisotopic (exact) mass is 266 g/mol. The van der Waals surface area contributed by atoms with E-state index in [4.69, 9.17) is 0 Å². The predicted octanol–water partition coefficient (Wildman–Crippen LogP) is 4.91. The van der Waals surface area contributed by atoms with Crippen LogP contribution in [0, 0.1) is 27.7 Å². The Morgan fingerprint density at radius 2 is 1.40 bits per heavy atom. The number of rotatable bonds is 3.